The number of halogens is 3. The maximum absolute atomic E-state index is 12.4. The van der Waals surface area contributed by atoms with Crippen LogP contribution in [-0.4, -0.2) is 28.8 Å². The number of carbonyl (C=O) groups excluding carboxylic acids is 1. The van der Waals surface area contributed by atoms with E-state index in [1.54, 1.807) is 6.07 Å². The van der Waals surface area contributed by atoms with Gasteiger partial charge in [-0.15, -0.1) is 0 Å². The van der Waals surface area contributed by atoms with E-state index in [0.29, 0.717) is 5.82 Å². The number of hydrogen-bond acceptors (Lipinski definition) is 5. The number of carbonyl (C=O) groups is 1. The summed E-state index contributed by atoms with van der Waals surface area (Å²) in [7, 11) is 0. The van der Waals surface area contributed by atoms with Crippen molar-refractivity contribution in [1.29, 1.82) is 0 Å². The highest BCUT2D eigenvalue weighted by Gasteiger charge is 2.28. The van der Waals surface area contributed by atoms with Gasteiger partial charge in [0.1, 0.15) is 5.75 Å². The van der Waals surface area contributed by atoms with Crippen molar-refractivity contribution < 1.29 is 27.2 Å². The molecule has 0 fully saturated rings. The lowest BCUT2D eigenvalue weighted by atomic mass is 10.1. The molecule has 1 N–H and O–H groups in total. The van der Waals surface area contributed by atoms with E-state index >= 15 is 0 Å². The van der Waals surface area contributed by atoms with Crippen molar-refractivity contribution in [2.45, 2.75) is 25.9 Å². The Balaban J connectivity index is 1.56. The maximum Gasteiger partial charge on any atom is 0.422 e. The number of anilines is 1. The second-order valence-electron chi connectivity index (χ2n) is 6.33. The van der Waals surface area contributed by atoms with Crippen LogP contribution in [0.5, 0.6) is 5.75 Å². The molecule has 0 aliphatic carbocycles. The third-order valence-corrected chi connectivity index (χ3v) is 3.90. The summed E-state index contributed by atoms with van der Waals surface area (Å²) in [6.45, 7) is 0.528. The Morgan fingerprint density at radius 3 is 2.59 bits per heavy atom. The Kier molecular flexibility index (Phi) is 6.16. The largest absolute Gasteiger partial charge is 0.482 e. The van der Waals surface area contributed by atoms with Crippen LogP contribution in [0.3, 0.4) is 0 Å². The van der Waals surface area contributed by atoms with E-state index in [-0.39, 0.29) is 30.2 Å². The molecule has 0 saturated heterocycles. The smallest absolute Gasteiger partial charge is 0.422 e. The number of aryl methyl sites for hydroxylation is 2. The van der Waals surface area contributed by atoms with E-state index in [0.717, 1.165) is 11.1 Å². The molecule has 0 saturated carbocycles. The number of amides is 1. The van der Waals surface area contributed by atoms with Gasteiger partial charge in [-0.1, -0.05) is 47.1 Å². The molecule has 0 spiro atoms. The van der Waals surface area contributed by atoms with Crippen molar-refractivity contribution in [3.63, 3.8) is 0 Å². The molecule has 0 radical (unpaired) electrons. The molecule has 1 heterocycles. The van der Waals surface area contributed by atoms with E-state index in [1.165, 1.54) is 18.2 Å². The van der Waals surface area contributed by atoms with Gasteiger partial charge in [0.2, 0.25) is 17.6 Å². The lowest BCUT2D eigenvalue weighted by Crippen LogP contribution is -2.20. The van der Waals surface area contributed by atoms with Crippen LogP contribution in [-0.2, 0) is 11.2 Å². The summed E-state index contributed by atoms with van der Waals surface area (Å²) in [5.74, 6) is 0.240. The van der Waals surface area contributed by atoms with Crippen molar-refractivity contribution in [2.24, 2.45) is 0 Å². The van der Waals surface area contributed by atoms with Gasteiger partial charge in [-0.3, -0.25) is 4.79 Å². The van der Waals surface area contributed by atoms with Crippen LogP contribution in [0, 0.1) is 6.92 Å². The number of ether oxygens (including phenoxy) is 1. The number of benzene rings is 2. The van der Waals surface area contributed by atoms with Crippen LogP contribution in [0.4, 0.5) is 18.9 Å². The Bertz CT molecular complexity index is 969. The highest BCUT2D eigenvalue weighted by molar-refractivity contribution is 5.92. The van der Waals surface area contributed by atoms with Gasteiger partial charge in [0.25, 0.3) is 0 Å². The third kappa shape index (κ3) is 6.06. The normalized spacial score (nSPS) is 11.3. The SMILES string of the molecule is Cc1ccc(-c2noc(CCC(=O)Nc3ccccc3OCC(F)(F)F)n2)cc1. The monoisotopic (exact) mass is 405 g/mol. The first-order valence-corrected chi connectivity index (χ1v) is 8.78. The third-order valence-electron chi connectivity index (χ3n) is 3.90. The van der Waals surface area contributed by atoms with Gasteiger partial charge in [0.15, 0.2) is 6.61 Å². The average molecular weight is 405 g/mol. The number of hydrogen-bond donors (Lipinski definition) is 1. The minimum absolute atomic E-state index is 0.0170. The maximum atomic E-state index is 12.4. The van der Waals surface area contributed by atoms with Crippen LogP contribution in [0.25, 0.3) is 11.4 Å². The van der Waals surface area contributed by atoms with Crippen LogP contribution < -0.4 is 10.1 Å². The number of alkyl halides is 3. The van der Waals surface area contributed by atoms with Crippen LogP contribution in [0.15, 0.2) is 53.1 Å². The van der Waals surface area contributed by atoms with Gasteiger partial charge in [-0.25, -0.2) is 0 Å². The van der Waals surface area contributed by atoms with Gasteiger partial charge in [0, 0.05) is 18.4 Å². The van der Waals surface area contributed by atoms with E-state index in [2.05, 4.69) is 15.5 Å². The molecular formula is C20H18F3N3O3. The van der Waals surface area contributed by atoms with Gasteiger partial charge in [0.05, 0.1) is 5.69 Å². The molecule has 3 rings (SSSR count). The Labute approximate surface area is 164 Å². The number of aromatic nitrogens is 2. The zero-order valence-corrected chi connectivity index (χ0v) is 15.5. The summed E-state index contributed by atoms with van der Waals surface area (Å²) in [5, 5.41) is 6.44. The van der Waals surface area contributed by atoms with Gasteiger partial charge < -0.3 is 14.6 Å². The fourth-order valence-electron chi connectivity index (χ4n) is 2.46. The minimum Gasteiger partial charge on any atom is -0.482 e. The molecule has 0 aliphatic rings. The van der Waals surface area contributed by atoms with E-state index in [4.69, 9.17) is 9.26 Å². The molecule has 0 aliphatic heterocycles. The molecule has 0 unspecified atom stereocenters. The Hall–Kier alpha value is -3.36. The standard InChI is InChI=1S/C20H18F3N3O3/c1-13-6-8-14(9-7-13)19-25-18(29-26-19)11-10-17(27)24-15-4-2-3-5-16(15)28-12-20(21,22)23/h2-9H,10-12H2,1H3,(H,24,27). The number of para-hydroxylation sites is 2. The topological polar surface area (TPSA) is 77.2 Å². The lowest BCUT2D eigenvalue weighted by Gasteiger charge is -2.13. The summed E-state index contributed by atoms with van der Waals surface area (Å²) in [6, 6.07) is 13.5. The predicted molar refractivity (Wildman–Crippen MR) is 99.4 cm³/mol. The molecule has 3 aromatic rings. The molecule has 152 valence electrons. The summed E-state index contributed by atoms with van der Waals surface area (Å²) < 4.78 is 47.0. The van der Waals surface area contributed by atoms with Crippen molar-refractivity contribution in [2.75, 3.05) is 11.9 Å². The molecular weight excluding hydrogens is 387 g/mol. The van der Waals surface area contributed by atoms with Gasteiger partial charge >= 0.3 is 6.18 Å². The predicted octanol–water partition coefficient (Wildman–Crippen LogP) is 4.56. The first-order valence-electron chi connectivity index (χ1n) is 8.78. The summed E-state index contributed by atoms with van der Waals surface area (Å²) in [6.07, 6.45) is -4.26. The Morgan fingerprint density at radius 1 is 1.14 bits per heavy atom. The lowest BCUT2D eigenvalue weighted by molar-refractivity contribution is -0.153. The van der Waals surface area contributed by atoms with Crippen LogP contribution in [0.1, 0.15) is 17.9 Å². The summed E-state index contributed by atoms with van der Waals surface area (Å²) in [4.78, 5) is 16.4. The van der Waals surface area contributed by atoms with E-state index in [9.17, 15) is 18.0 Å². The first-order chi connectivity index (χ1) is 13.8. The fourth-order valence-corrected chi connectivity index (χ4v) is 2.46. The molecule has 1 aromatic heterocycles. The molecule has 0 atom stereocenters. The van der Waals surface area contributed by atoms with E-state index in [1.807, 2.05) is 31.2 Å². The van der Waals surface area contributed by atoms with Crippen molar-refractivity contribution in [3.8, 4) is 17.1 Å². The van der Waals surface area contributed by atoms with Crippen LogP contribution in [0.2, 0.25) is 0 Å². The average Bonchev–Trinajstić information content (AvgIpc) is 3.15. The molecule has 6 nitrogen and oxygen atoms in total. The molecule has 0 bridgehead atoms. The summed E-state index contributed by atoms with van der Waals surface area (Å²) in [5.41, 5.74) is 2.06. The van der Waals surface area contributed by atoms with E-state index < -0.39 is 18.7 Å². The number of nitrogens with one attached hydrogen (secondary N) is 1. The number of rotatable bonds is 7. The first kappa shape index (κ1) is 20.4. The quantitative estimate of drug-likeness (QED) is 0.624. The second kappa shape index (κ2) is 8.76. The van der Waals surface area contributed by atoms with Crippen molar-refractivity contribution >= 4 is 11.6 Å². The molecule has 2 aromatic carbocycles. The van der Waals surface area contributed by atoms with Gasteiger partial charge in [-0.2, -0.15) is 18.2 Å². The zero-order valence-electron chi connectivity index (χ0n) is 15.5. The fraction of sp³-hybridized carbons (Fsp3) is 0.250. The number of nitrogens with zero attached hydrogens (tertiary/aromatic N) is 2. The van der Waals surface area contributed by atoms with Crippen molar-refractivity contribution in [3.05, 3.63) is 60.0 Å². The molecule has 1 amide bonds. The molecule has 29 heavy (non-hydrogen) atoms. The van der Waals surface area contributed by atoms with Gasteiger partial charge in [-0.05, 0) is 19.1 Å². The zero-order chi connectivity index (χ0) is 20.9. The van der Waals surface area contributed by atoms with Crippen molar-refractivity contribution in [1.82, 2.24) is 10.1 Å². The molecule has 9 heteroatoms. The second-order valence-corrected chi connectivity index (χ2v) is 6.33. The highest BCUT2D eigenvalue weighted by Crippen LogP contribution is 2.26. The summed E-state index contributed by atoms with van der Waals surface area (Å²) >= 11 is 0. The highest BCUT2D eigenvalue weighted by atomic mass is 19.4. The van der Waals surface area contributed by atoms with Crippen LogP contribution >= 0.6 is 0 Å². The minimum atomic E-state index is -4.47. The Morgan fingerprint density at radius 2 is 1.86 bits per heavy atom.